The summed E-state index contributed by atoms with van der Waals surface area (Å²) in [5.74, 6) is -0.0964. The van der Waals surface area contributed by atoms with Crippen LogP contribution in [0.3, 0.4) is 0 Å². The van der Waals surface area contributed by atoms with E-state index in [1.165, 1.54) is 0 Å². The van der Waals surface area contributed by atoms with Gasteiger partial charge in [0.2, 0.25) is 5.91 Å². The summed E-state index contributed by atoms with van der Waals surface area (Å²) in [5.41, 5.74) is 6.77. The minimum atomic E-state index is -0.0964. The Balaban J connectivity index is 2.51. The van der Waals surface area contributed by atoms with Crippen LogP contribution in [0.4, 0.5) is 11.4 Å². The third kappa shape index (κ3) is 4.89. The standard InChI is InChI=1S/C12H16ClN3OS/c1-2-3-4-11(17)16-12(18)15-10-6-5-8(14)7-9(10)13/h5-7H,2-4,14H2,1H3,(H2,15,16,17,18). The van der Waals surface area contributed by atoms with Gasteiger partial charge in [-0.3, -0.25) is 4.79 Å². The van der Waals surface area contributed by atoms with Crippen molar-refractivity contribution < 1.29 is 4.79 Å². The number of anilines is 2. The fraction of sp³-hybridized carbons (Fsp3) is 0.333. The highest BCUT2D eigenvalue weighted by atomic mass is 35.5. The molecule has 1 aromatic carbocycles. The molecular formula is C12H16ClN3OS. The Morgan fingerprint density at radius 3 is 2.83 bits per heavy atom. The molecule has 0 aliphatic rings. The van der Waals surface area contributed by atoms with E-state index < -0.39 is 0 Å². The second-order valence-electron chi connectivity index (χ2n) is 3.85. The van der Waals surface area contributed by atoms with Crippen molar-refractivity contribution in [3.63, 3.8) is 0 Å². The molecule has 0 fully saturated rings. The Morgan fingerprint density at radius 2 is 2.22 bits per heavy atom. The van der Waals surface area contributed by atoms with Gasteiger partial charge in [0.25, 0.3) is 0 Å². The van der Waals surface area contributed by atoms with E-state index in [1.807, 2.05) is 6.92 Å². The zero-order valence-corrected chi connectivity index (χ0v) is 11.7. The summed E-state index contributed by atoms with van der Waals surface area (Å²) in [7, 11) is 0. The highest BCUT2D eigenvalue weighted by Crippen LogP contribution is 2.23. The molecule has 0 aliphatic carbocycles. The van der Waals surface area contributed by atoms with Crippen molar-refractivity contribution >= 4 is 46.2 Å². The van der Waals surface area contributed by atoms with Crippen LogP contribution in [0.5, 0.6) is 0 Å². The van der Waals surface area contributed by atoms with Crippen LogP contribution in [0.25, 0.3) is 0 Å². The van der Waals surface area contributed by atoms with Crippen LogP contribution in [-0.4, -0.2) is 11.0 Å². The van der Waals surface area contributed by atoms with E-state index in [9.17, 15) is 4.79 Å². The monoisotopic (exact) mass is 285 g/mol. The molecule has 0 aliphatic heterocycles. The number of carbonyl (C=O) groups excluding carboxylic acids is 1. The van der Waals surface area contributed by atoms with E-state index in [0.717, 1.165) is 12.8 Å². The fourth-order valence-electron chi connectivity index (χ4n) is 1.31. The van der Waals surface area contributed by atoms with Crippen molar-refractivity contribution in [1.29, 1.82) is 0 Å². The maximum Gasteiger partial charge on any atom is 0.226 e. The zero-order valence-electron chi connectivity index (χ0n) is 10.1. The maximum absolute atomic E-state index is 11.5. The first kappa shape index (κ1) is 14.7. The number of thiocarbonyl (C=S) groups is 1. The number of hydrogen-bond donors (Lipinski definition) is 3. The van der Waals surface area contributed by atoms with Gasteiger partial charge >= 0.3 is 0 Å². The molecule has 0 unspecified atom stereocenters. The summed E-state index contributed by atoms with van der Waals surface area (Å²) in [6.07, 6.45) is 2.28. The SMILES string of the molecule is CCCCC(=O)NC(=S)Nc1ccc(N)cc1Cl. The lowest BCUT2D eigenvalue weighted by atomic mass is 10.2. The predicted molar refractivity (Wildman–Crippen MR) is 79.8 cm³/mol. The molecule has 0 spiro atoms. The molecule has 4 nitrogen and oxygen atoms in total. The summed E-state index contributed by atoms with van der Waals surface area (Å²) in [5, 5.41) is 6.15. The summed E-state index contributed by atoms with van der Waals surface area (Å²) < 4.78 is 0. The molecule has 18 heavy (non-hydrogen) atoms. The first-order valence-corrected chi connectivity index (χ1v) is 6.47. The van der Waals surface area contributed by atoms with Gasteiger partial charge in [-0.05, 0) is 36.8 Å². The third-order valence-corrected chi connectivity index (χ3v) is 2.77. The number of benzene rings is 1. The molecule has 1 aromatic rings. The minimum absolute atomic E-state index is 0.0964. The predicted octanol–water partition coefficient (Wildman–Crippen LogP) is 2.93. The van der Waals surface area contributed by atoms with Crippen molar-refractivity contribution in [3.8, 4) is 0 Å². The van der Waals surface area contributed by atoms with Crippen LogP contribution in [0.2, 0.25) is 5.02 Å². The van der Waals surface area contributed by atoms with Crippen LogP contribution >= 0.6 is 23.8 Å². The number of rotatable bonds is 4. The highest BCUT2D eigenvalue weighted by molar-refractivity contribution is 7.80. The molecule has 1 rings (SSSR count). The van der Waals surface area contributed by atoms with Crippen molar-refractivity contribution in [1.82, 2.24) is 5.32 Å². The van der Waals surface area contributed by atoms with E-state index >= 15 is 0 Å². The van der Waals surface area contributed by atoms with E-state index in [0.29, 0.717) is 22.8 Å². The van der Waals surface area contributed by atoms with Crippen molar-refractivity contribution in [2.24, 2.45) is 0 Å². The Kier molecular flexibility index (Phi) is 5.88. The van der Waals surface area contributed by atoms with Gasteiger partial charge < -0.3 is 16.4 Å². The first-order valence-electron chi connectivity index (χ1n) is 5.68. The average Bonchev–Trinajstić information content (AvgIpc) is 2.30. The smallest absolute Gasteiger partial charge is 0.226 e. The van der Waals surface area contributed by atoms with Crippen molar-refractivity contribution in [2.45, 2.75) is 26.2 Å². The molecule has 98 valence electrons. The number of nitrogen functional groups attached to an aromatic ring is 1. The van der Waals surface area contributed by atoms with Crippen LogP contribution < -0.4 is 16.4 Å². The molecule has 0 heterocycles. The van der Waals surface area contributed by atoms with Crippen LogP contribution in [0.15, 0.2) is 18.2 Å². The Bertz CT molecular complexity index is 451. The highest BCUT2D eigenvalue weighted by Gasteiger charge is 2.06. The number of unbranched alkanes of at least 4 members (excludes halogenated alkanes) is 1. The summed E-state index contributed by atoms with van der Waals surface area (Å²) in [6.45, 7) is 2.03. The molecule has 0 aromatic heterocycles. The number of nitrogens with two attached hydrogens (primary N) is 1. The molecule has 0 saturated carbocycles. The van der Waals surface area contributed by atoms with Crippen LogP contribution in [-0.2, 0) is 4.79 Å². The van der Waals surface area contributed by atoms with E-state index in [-0.39, 0.29) is 11.0 Å². The quantitative estimate of drug-likeness (QED) is 0.588. The van der Waals surface area contributed by atoms with Crippen molar-refractivity contribution in [2.75, 3.05) is 11.1 Å². The molecule has 4 N–H and O–H groups in total. The lowest BCUT2D eigenvalue weighted by molar-refractivity contribution is -0.119. The molecule has 0 bridgehead atoms. The minimum Gasteiger partial charge on any atom is -0.399 e. The third-order valence-electron chi connectivity index (χ3n) is 2.25. The molecule has 0 saturated heterocycles. The average molecular weight is 286 g/mol. The number of hydrogen-bond acceptors (Lipinski definition) is 3. The van der Waals surface area contributed by atoms with Gasteiger partial charge in [0, 0.05) is 12.1 Å². The molecular weight excluding hydrogens is 270 g/mol. The summed E-state index contributed by atoms with van der Waals surface area (Å²) in [6, 6.07) is 5.03. The lowest BCUT2D eigenvalue weighted by Crippen LogP contribution is -2.33. The molecule has 6 heteroatoms. The summed E-state index contributed by atoms with van der Waals surface area (Å²) in [4.78, 5) is 11.5. The molecule has 0 atom stereocenters. The normalized spacial score (nSPS) is 9.89. The number of nitrogens with one attached hydrogen (secondary N) is 2. The fourth-order valence-corrected chi connectivity index (χ4v) is 1.77. The topological polar surface area (TPSA) is 67.2 Å². The van der Waals surface area contributed by atoms with Gasteiger partial charge in [0.15, 0.2) is 5.11 Å². The molecule has 1 amide bonds. The number of halogens is 1. The number of carbonyl (C=O) groups is 1. The van der Waals surface area contributed by atoms with Gasteiger partial charge in [0.1, 0.15) is 0 Å². The largest absolute Gasteiger partial charge is 0.399 e. The van der Waals surface area contributed by atoms with Crippen LogP contribution in [0.1, 0.15) is 26.2 Å². The van der Waals surface area contributed by atoms with Crippen molar-refractivity contribution in [3.05, 3.63) is 23.2 Å². The Morgan fingerprint density at radius 1 is 1.50 bits per heavy atom. The van der Waals surface area contributed by atoms with Gasteiger partial charge in [-0.25, -0.2) is 0 Å². The van der Waals surface area contributed by atoms with Crippen LogP contribution in [0, 0.1) is 0 Å². The van der Waals surface area contributed by atoms with Gasteiger partial charge in [-0.15, -0.1) is 0 Å². The Labute approximate surface area is 117 Å². The second-order valence-corrected chi connectivity index (χ2v) is 4.66. The van der Waals surface area contributed by atoms with E-state index in [4.69, 9.17) is 29.6 Å². The summed E-state index contributed by atoms with van der Waals surface area (Å²) >= 11 is 11.0. The Hall–Kier alpha value is -1.33. The molecule has 0 radical (unpaired) electrons. The number of amides is 1. The maximum atomic E-state index is 11.5. The lowest BCUT2D eigenvalue weighted by Gasteiger charge is -2.11. The second kappa shape index (κ2) is 7.18. The first-order chi connectivity index (χ1) is 8.52. The van der Waals surface area contributed by atoms with E-state index in [2.05, 4.69) is 10.6 Å². The van der Waals surface area contributed by atoms with Gasteiger partial charge in [-0.2, -0.15) is 0 Å². The van der Waals surface area contributed by atoms with E-state index in [1.54, 1.807) is 18.2 Å². The van der Waals surface area contributed by atoms with Gasteiger partial charge in [-0.1, -0.05) is 24.9 Å². The zero-order chi connectivity index (χ0) is 13.5. The van der Waals surface area contributed by atoms with Gasteiger partial charge in [0.05, 0.1) is 10.7 Å².